The molecule has 0 unspecified atom stereocenters. The summed E-state index contributed by atoms with van der Waals surface area (Å²) in [6.45, 7) is 4.25. The van der Waals surface area contributed by atoms with E-state index in [0.717, 1.165) is 23.4 Å². The second-order valence-corrected chi connectivity index (χ2v) is 7.13. The van der Waals surface area contributed by atoms with Crippen LogP contribution in [0.2, 0.25) is 10.2 Å². The van der Waals surface area contributed by atoms with Crippen molar-refractivity contribution in [3.05, 3.63) is 51.0 Å². The molecule has 3 rings (SSSR count). The lowest BCUT2D eigenvalue weighted by Gasteiger charge is -2.21. The van der Waals surface area contributed by atoms with Crippen LogP contribution in [0.4, 0.5) is 4.39 Å². The standard InChI is InChI=1S/C19H23Cl2FN4O2.HI/c1-3-23-19(25-9-15-8-16(20)18(21)26(15)2)24-5-4-12-6-14(22)7-13-10-27-11-28-17(12)13;/h6-8H,3-5,9-11H2,1-2H3,(H2,23,24,25);1H. The van der Waals surface area contributed by atoms with Gasteiger partial charge in [-0.25, -0.2) is 9.38 Å². The molecule has 0 atom stereocenters. The molecular weight excluding hydrogens is 533 g/mol. The van der Waals surface area contributed by atoms with Crippen molar-refractivity contribution >= 4 is 53.1 Å². The van der Waals surface area contributed by atoms with Gasteiger partial charge in [-0.1, -0.05) is 23.2 Å². The van der Waals surface area contributed by atoms with E-state index in [1.165, 1.54) is 12.1 Å². The van der Waals surface area contributed by atoms with Crippen LogP contribution in [0, 0.1) is 5.82 Å². The van der Waals surface area contributed by atoms with E-state index in [4.69, 9.17) is 32.7 Å². The maximum absolute atomic E-state index is 13.9. The molecule has 1 aromatic heterocycles. The summed E-state index contributed by atoms with van der Waals surface area (Å²) in [5.41, 5.74) is 2.45. The topological polar surface area (TPSA) is 59.8 Å². The number of ether oxygens (including phenoxy) is 2. The number of benzene rings is 1. The first-order valence-electron chi connectivity index (χ1n) is 9.03. The minimum Gasteiger partial charge on any atom is -0.467 e. The molecule has 2 heterocycles. The Morgan fingerprint density at radius 3 is 2.76 bits per heavy atom. The molecule has 0 amide bonds. The second kappa shape index (κ2) is 11.2. The summed E-state index contributed by atoms with van der Waals surface area (Å²) < 4.78 is 26.4. The van der Waals surface area contributed by atoms with Gasteiger partial charge >= 0.3 is 0 Å². The Balaban J connectivity index is 0.00000300. The molecule has 0 aliphatic carbocycles. The van der Waals surface area contributed by atoms with Crippen LogP contribution in [0.25, 0.3) is 0 Å². The number of aromatic nitrogens is 1. The molecule has 0 spiro atoms. The Morgan fingerprint density at radius 1 is 1.28 bits per heavy atom. The first kappa shape index (κ1) is 24.0. The van der Waals surface area contributed by atoms with Crippen molar-refractivity contribution in [1.29, 1.82) is 0 Å². The number of guanidine groups is 1. The molecule has 0 saturated heterocycles. The molecule has 6 nitrogen and oxygen atoms in total. The summed E-state index contributed by atoms with van der Waals surface area (Å²) in [4.78, 5) is 4.57. The van der Waals surface area contributed by atoms with E-state index in [9.17, 15) is 4.39 Å². The number of hydrogen-bond donors (Lipinski definition) is 2. The zero-order valence-electron chi connectivity index (χ0n) is 16.2. The van der Waals surface area contributed by atoms with E-state index >= 15 is 0 Å². The SMILES string of the molecule is CCNC(=NCc1cc(Cl)c(Cl)n1C)NCCc1cc(F)cc2c1OCOC2.I. The molecular formula is C19H24Cl2FIN4O2. The van der Waals surface area contributed by atoms with Crippen LogP contribution in [0.1, 0.15) is 23.7 Å². The number of fused-ring (bicyclic) bond motifs is 1. The van der Waals surface area contributed by atoms with Crippen molar-refractivity contribution < 1.29 is 13.9 Å². The highest BCUT2D eigenvalue weighted by Crippen LogP contribution is 2.29. The number of nitrogens with zero attached hydrogens (tertiary/aromatic N) is 2. The van der Waals surface area contributed by atoms with Gasteiger partial charge in [-0.2, -0.15) is 0 Å². The van der Waals surface area contributed by atoms with E-state index in [0.29, 0.717) is 48.0 Å². The van der Waals surface area contributed by atoms with E-state index in [1.54, 1.807) is 10.6 Å². The van der Waals surface area contributed by atoms with Crippen molar-refractivity contribution in [2.24, 2.45) is 12.0 Å². The van der Waals surface area contributed by atoms with Gasteiger partial charge in [-0.15, -0.1) is 24.0 Å². The van der Waals surface area contributed by atoms with Crippen LogP contribution in [-0.4, -0.2) is 30.4 Å². The first-order chi connectivity index (χ1) is 13.5. The van der Waals surface area contributed by atoms with Gasteiger partial charge in [0.15, 0.2) is 12.8 Å². The summed E-state index contributed by atoms with van der Waals surface area (Å²) in [6.07, 6.45) is 0.590. The summed E-state index contributed by atoms with van der Waals surface area (Å²) in [5, 5.41) is 7.45. The summed E-state index contributed by atoms with van der Waals surface area (Å²) in [5.74, 6) is 1.08. The Kier molecular flexibility index (Phi) is 9.32. The molecule has 2 aromatic rings. The minimum atomic E-state index is -0.291. The van der Waals surface area contributed by atoms with Crippen LogP contribution < -0.4 is 15.4 Å². The molecule has 160 valence electrons. The monoisotopic (exact) mass is 556 g/mol. The summed E-state index contributed by atoms with van der Waals surface area (Å²) in [6, 6.07) is 4.76. The molecule has 1 aliphatic heterocycles. The van der Waals surface area contributed by atoms with Crippen molar-refractivity contribution in [1.82, 2.24) is 15.2 Å². The molecule has 1 aromatic carbocycles. The van der Waals surface area contributed by atoms with Gasteiger partial charge in [-0.05, 0) is 37.1 Å². The van der Waals surface area contributed by atoms with E-state index in [2.05, 4.69) is 15.6 Å². The van der Waals surface area contributed by atoms with E-state index in [-0.39, 0.29) is 36.6 Å². The lowest BCUT2D eigenvalue weighted by atomic mass is 10.1. The highest BCUT2D eigenvalue weighted by Gasteiger charge is 2.17. The highest BCUT2D eigenvalue weighted by molar-refractivity contribution is 14.0. The fourth-order valence-electron chi connectivity index (χ4n) is 3.00. The number of rotatable bonds is 6. The third-order valence-corrected chi connectivity index (χ3v) is 5.24. The van der Waals surface area contributed by atoms with Crippen molar-refractivity contribution in [3.63, 3.8) is 0 Å². The molecule has 2 N–H and O–H groups in total. The maximum Gasteiger partial charge on any atom is 0.191 e. The second-order valence-electron chi connectivity index (χ2n) is 6.37. The minimum absolute atomic E-state index is 0. The Hall–Kier alpha value is -1.23. The van der Waals surface area contributed by atoms with Gasteiger partial charge in [-0.3, -0.25) is 0 Å². The first-order valence-corrected chi connectivity index (χ1v) is 9.78. The molecule has 0 bridgehead atoms. The molecule has 29 heavy (non-hydrogen) atoms. The van der Waals surface area contributed by atoms with Gasteiger partial charge in [0.2, 0.25) is 0 Å². The lowest BCUT2D eigenvalue weighted by molar-refractivity contribution is -0.0172. The molecule has 1 aliphatic rings. The van der Waals surface area contributed by atoms with Gasteiger partial charge in [0.05, 0.1) is 18.2 Å². The zero-order chi connectivity index (χ0) is 20.1. The fourth-order valence-corrected chi connectivity index (χ4v) is 3.42. The summed E-state index contributed by atoms with van der Waals surface area (Å²) in [7, 11) is 1.84. The number of aliphatic imine (C=N–C) groups is 1. The number of hydrogen-bond acceptors (Lipinski definition) is 3. The molecule has 0 fully saturated rings. The smallest absolute Gasteiger partial charge is 0.191 e. The predicted octanol–water partition coefficient (Wildman–Crippen LogP) is 4.25. The van der Waals surface area contributed by atoms with Crippen LogP contribution >= 0.6 is 47.2 Å². The Morgan fingerprint density at radius 2 is 2.07 bits per heavy atom. The van der Waals surface area contributed by atoms with E-state index in [1.807, 2.05) is 14.0 Å². The Labute approximate surface area is 196 Å². The predicted molar refractivity (Wildman–Crippen MR) is 124 cm³/mol. The molecule has 0 saturated carbocycles. The summed E-state index contributed by atoms with van der Waals surface area (Å²) >= 11 is 12.1. The van der Waals surface area contributed by atoms with Crippen molar-refractivity contribution in [2.45, 2.75) is 26.5 Å². The van der Waals surface area contributed by atoms with Crippen LogP contribution in [0.3, 0.4) is 0 Å². The Bertz CT molecular complexity index is 876. The van der Waals surface area contributed by atoms with Crippen molar-refractivity contribution in [3.8, 4) is 5.75 Å². The quantitative estimate of drug-likeness (QED) is 0.317. The molecule has 0 radical (unpaired) electrons. The van der Waals surface area contributed by atoms with Crippen LogP contribution in [-0.2, 0) is 31.4 Å². The maximum atomic E-state index is 13.9. The third-order valence-electron chi connectivity index (χ3n) is 4.40. The van der Waals surface area contributed by atoms with Gasteiger partial charge < -0.3 is 24.7 Å². The molecule has 10 heteroatoms. The van der Waals surface area contributed by atoms with E-state index < -0.39 is 0 Å². The van der Waals surface area contributed by atoms with Gasteiger partial charge in [0, 0.05) is 31.4 Å². The largest absolute Gasteiger partial charge is 0.467 e. The van der Waals surface area contributed by atoms with Crippen LogP contribution in [0.15, 0.2) is 23.2 Å². The highest BCUT2D eigenvalue weighted by atomic mass is 127. The van der Waals surface area contributed by atoms with Crippen LogP contribution in [0.5, 0.6) is 5.75 Å². The number of halogens is 4. The van der Waals surface area contributed by atoms with Gasteiger partial charge in [0.1, 0.15) is 16.7 Å². The zero-order valence-corrected chi connectivity index (χ0v) is 20.1. The third kappa shape index (κ3) is 6.13. The van der Waals surface area contributed by atoms with Gasteiger partial charge in [0.25, 0.3) is 0 Å². The lowest BCUT2D eigenvalue weighted by Crippen LogP contribution is -2.38. The average Bonchev–Trinajstić information content (AvgIpc) is 2.92. The number of nitrogens with one attached hydrogen (secondary N) is 2. The average molecular weight is 557 g/mol. The van der Waals surface area contributed by atoms with Crippen molar-refractivity contribution in [2.75, 3.05) is 19.9 Å². The fraction of sp³-hybridized carbons (Fsp3) is 0.421. The normalized spacial score (nSPS) is 13.3.